The zero-order valence-corrected chi connectivity index (χ0v) is 17.4. The SMILES string of the molecule is Br.N=C(N)SCc1ccc(CN2C(=O)C(=O)c3cc(F)cc(Br)c32)cc1. The lowest BCUT2D eigenvalue weighted by Gasteiger charge is -2.18. The van der Waals surface area contributed by atoms with E-state index in [9.17, 15) is 14.0 Å². The summed E-state index contributed by atoms with van der Waals surface area (Å²) in [4.78, 5) is 25.7. The first kappa shape index (κ1) is 20.6. The zero-order chi connectivity index (χ0) is 18.1. The highest BCUT2D eigenvalue weighted by atomic mass is 79.9. The van der Waals surface area contributed by atoms with Crippen LogP contribution >= 0.6 is 44.7 Å². The summed E-state index contributed by atoms with van der Waals surface area (Å²) < 4.78 is 13.9. The number of amides is 1. The van der Waals surface area contributed by atoms with Crippen molar-refractivity contribution in [3.05, 3.63) is 63.4 Å². The molecule has 0 bridgehead atoms. The first-order valence-electron chi connectivity index (χ1n) is 7.26. The largest absolute Gasteiger partial charge is 0.379 e. The van der Waals surface area contributed by atoms with Crippen LogP contribution in [0.3, 0.4) is 0 Å². The van der Waals surface area contributed by atoms with Gasteiger partial charge < -0.3 is 5.73 Å². The lowest BCUT2D eigenvalue weighted by Crippen LogP contribution is -2.29. The molecule has 1 heterocycles. The molecule has 0 aliphatic carbocycles. The van der Waals surface area contributed by atoms with Gasteiger partial charge in [-0.1, -0.05) is 36.0 Å². The van der Waals surface area contributed by atoms with E-state index in [2.05, 4.69) is 15.9 Å². The lowest BCUT2D eigenvalue weighted by atomic mass is 10.1. The Morgan fingerprint density at radius 1 is 1.19 bits per heavy atom. The molecule has 0 spiro atoms. The fourth-order valence-electron chi connectivity index (χ4n) is 2.59. The molecule has 2 aromatic rings. The average Bonchev–Trinajstić information content (AvgIpc) is 2.79. The molecular weight excluding hydrogens is 489 g/mol. The maximum Gasteiger partial charge on any atom is 0.299 e. The number of nitrogens with one attached hydrogen (secondary N) is 1. The van der Waals surface area contributed by atoms with Crippen LogP contribution in [0.1, 0.15) is 21.5 Å². The van der Waals surface area contributed by atoms with Crippen LogP contribution in [0, 0.1) is 11.2 Å². The van der Waals surface area contributed by atoms with Crippen LogP contribution in [0.25, 0.3) is 0 Å². The average molecular weight is 503 g/mol. The Hall–Kier alpha value is -1.71. The molecule has 0 saturated heterocycles. The Bertz CT molecular complexity index is 890. The van der Waals surface area contributed by atoms with Crippen LogP contribution < -0.4 is 10.6 Å². The van der Waals surface area contributed by atoms with Crippen molar-refractivity contribution >= 4 is 67.2 Å². The number of thioether (sulfide) groups is 1. The van der Waals surface area contributed by atoms with Crippen molar-refractivity contribution in [2.75, 3.05) is 4.90 Å². The van der Waals surface area contributed by atoms with Gasteiger partial charge in [-0.15, -0.1) is 17.0 Å². The number of halogens is 3. The molecule has 0 unspecified atom stereocenters. The summed E-state index contributed by atoms with van der Waals surface area (Å²) in [5.41, 5.74) is 7.62. The minimum absolute atomic E-state index is 0. The Balaban J connectivity index is 0.00000243. The topological polar surface area (TPSA) is 87.2 Å². The van der Waals surface area contributed by atoms with Crippen LogP contribution in [0.2, 0.25) is 0 Å². The molecule has 9 heteroatoms. The van der Waals surface area contributed by atoms with E-state index in [1.165, 1.54) is 22.7 Å². The summed E-state index contributed by atoms with van der Waals surface area (Å²) >= 11 is 4.46. The predicted molar refractivity (Wildman–Crippen MR) is 110 cm³/mol. The van der Waals surface area contributed by atoms with Gasteiger partial charge in [0.15, 0.2) is 5.17 Å². The molecule has 0 aromatic heterocycles. The van der Waals surface area contributed by atoms with Crippen molar-refractivity contribution in [3.63, 3.8) is 0 Å². The highest BCUT2D eigenvalue weighted by Gasteiger charge is 2.37. The fraction of sp³-hybridized carbons (Fsp3) is 0.118. The number of Topliss-reactive ketones (excluding diaryl/α,β-unsaturated/α-hetero) is 1. The maximum absolute atomic E-state index is 13.5. The van der Waals surface area contributed by atoms with Crippen molar-refractivity contribution in [3.8, 4) is 0 Å². The molecular formula is C17H14Br2FN3O2S. The monoisotopic (exact) mass is 501 g/mol. The van der Waals surface area contributed by atoms with E-state index in [1.54, 1.807) is 0 Å². The summed E-state index contributed by atoms with van der Waals surface area (Å²) in [6.07, 6.45) is 0. The number of carbonyl (C=O) groups is 2. The van der Waals surface area contributed by atoms with Gasteiger partial charge in [0.1, 0.15) is 5.82 Å². The van der Waals surface area contributed by atoms with E-state index in [-0.39, 0.29) is 34.3 Å². The van der Waals surface area contributed by atoms with E-state index in [0.29, 0.717) is 15.9 Å². The summed E-state index contributed by atoms with van der Waals surface area (Å²) in [5, 5.41) is 7.27. The number of rotatable bonds is 4. The fourth-order valence-corrected chi connectivity index (χ4v) is 3.75. The van der Waals surface area contributed by atoms with Crippen LogP contribution in [0.15, 0.2) is 40.9 Å². The van der Waals surface area contributed by atoms with Crippen LogP contribution in [-0.4, -0.2) is 16.9 Å². The standard InChI is InChI=1S/C17H13BrFN3O2S.BrH/c18-13-6-11(19)5-12-14(13)22(16(24)15(12)23)7-9-1-3-10(4-2-9)8-25-17(20)21;/h1-6H,7-8H2,(H3,20,21);1H. The number of carbonyl (C=O) groups excluding carboxylic acids is 2. The van der Waals surface area contributed by atoms with E-state index in [0.717, 1.165) is 17.2 Å². The van der Waals surface area contributed by atoms with Gasteiger partial charge in [-0.3, -0.25) is 19.9 Å². The Labute approximate surface area is 172 Å². The molecule has 0 saturated carbocycles. The number of fused-ring (bicyclic) bond motifs is 1. The number of benzene rings is 2. The van der Waals surface area contributed by atoms with Crippen molar-refractivity contribution in [2.24, 2.45) is 5.73 Å². The van der Waals surface area contributed by atoms with Crippen molar-refractivity contribution in [1.82, 2.24) is 0 Å². The second-order valence-corrected chi connectivity index (χ2v) is 7.35. The minimum atomic E-state index is -0.704. The Morgan fingerprint density at radius 3 is 2.42 bits per heavy atom. The normalized spacial score (nSPS) is 12.8. The Morgan fingerprint density at radius 2 is 1.81 bits per heavy atom. The van der Waals surface area contributed by atoms with E-state index < -0.39 is 17.5 Å². The summed E-state index contributed by atoms with van der Waals surface area (Å²) in [7, 11) is 0. The molecule has 3 N–H and O–H groups in total. The zero-order valence-electron chi connectivity index (χ0n) is 13.3. The smallest absolute Gasteiger partial charge is 0.299 e. The summed E-state index contributed by atoms with van der Waals surface area (Å²) in [6, 6.07) is 9.79. The number of amidine groups is 1. The summed E-state index contributed by atoms with van der Waals surface area (Å²) in [6.45, 7) is 0.210. The van der Waals surface area contributed by atoms with Gasteiger partial charge in [-0.25, -0.2) is 4.39 Å². The molecule has 0 fully saturated rings. The van der Waals surface area contributed by atoms with Crippen LogP contribution in [0.4, 0.5) is 10.1 Å². The summed E-state index contributed by atoms with van der Waals surface area (Å²) in [5.74, 6) is -1.35. The van der Waals surface area contributed by atoms with Crippen molar-refractivity contribution < 1.29 is 14.0 Å². The third-order valence-electron chi connectivity index (χ3n) is 3.74. The van der Waals surface area contributed by atoms with Crippen LogP contribution in [0.5, 0.6) is 0 Å². The number of nitrogens with zero attached hydrogens (tertiary/aromatic N) is 1. The van der Waals surface area contributed by atoms with Gasteiger partial charge >= 0.3 is 0 Å². The first-order valence-corrected chi connectivity index (χ1v) is 9.04. The maximum atomic E-state index is 13.5. The second kappa shape index (κ2) is 8.32. The molecule has 5 nitrogen and oxygen atoms in total. The van der Waals surface area contributed by atoms with Crippen molar-refractivity contribution in [2.45, 2.75) is 12.3 Å². The van der Waals surface area contributed by atoms with Crippen LogP contribution in [-0.2, 0) is 17.1 Å². The molecule has 1 aliphatic heterocycles. The van der Waals surface area contributed by atoms with Gasteiger partial charge in [-0.05, 0) is 39.2 Å². The number of hydrogen-bond donors (Lipinski definition) is 2. The van der Waals surface area contributed by atoms with Gasteiger partial charge in [0.25, 0.3) is 11.7 Å². The number of hydrogen-bond acceptors (Lipinski definition) is 4. The molecule has 0 radical (unpaired) electrons. The number of nitrogens with two attached hydrogens (primary N) is 1. The van der Waals surface area contributed by atoms with Gasteiger partial charge in [0.05, 0.1) is 17.8 Å². The van der Waals surface area contributed by atoms with E-state index in [1.807, 2.05) is 24.3 Å². The number of anilines is 1. The Kier molecular flexibility index (Phi) is 6.59. The highest BCUT2D eigenvalue weighted by molar-refractivity contribution is 9.10. The van der Waals surface area contributed by atoms with Gasteiger partial charge in [0.2, 0.25) is 0 Å². The second-order valence-electron chi connectivity index (χ2n) is 5.47. The minimum Gasteiger partial charge on any atom is -0.379 e. The quantitative estimate of drug-likeness (QED) is 0.375. The predicted octanol–water partition coefficient (Wildman–Crippen LogP) is 4.02. The molecule has 2 aromatic carbocycles. The first-order chi connectivity index (χ1) is 11.9. The molecule has 26 heavy (non-hydrogen) atoms. The molecule has 3 rings (SSSR count). The lowest BCUT2D eigenvalue weighted by molar-refractivity contribution is -0.114. The molecule has 1 aliphatic rings. The van der Waals surface area contributed by atoms with Crippen molar-refractivity contribution in [1.29, 1.82) is 5.41 Å². The number of ketones is 1. The third-order valence-corrected chi connectivity index (χ3v) is 5.13. The molecule has 0 atom stereocenters. The van der Waals surface area contributed by atoms with Gasteiger partial charge in [-0.2, -0.15) is 0 Å². The molecule has 1 amide bonds. The highest BCUT2D eigenvalue weighted by Crippen LogP contribution is 2.37. The molecule has 136 valence electrons. The van der Waals surface area contributed by atoms with E-state index >= 15 is 0 Å². The van der Waals surface area contributed by atoms with Gasteiger partial charge in [0, 0.05) is 10.2 Å². The third kappa shape index (κ3) is 4.16. The van der Waals surface area contributed by atoms with E-state index in [4.69, 9.17) is 11.1 Å².